The summed E-state index contributed by atoms with van der Waals surface area (Å²) in [5, 5.41) is 3.03. The van der Waals surface area contributed by atoms with E-state index in [9.17, 15) is 22.8 Å². The zero-order valence-electron chi connectivity index (χ0n) is 23.1. The molecule has 3 aromatic rings. The van der Waals surface area contributed by atoms with Gasteiger partial charge in [-0.25, -0.2) is 18.1 Å². The molecule has 2 amide bonds. The summed E-state index contributed by atoms with van der Waals surface area (Å²) in [4.78, 5) is 49.7. The van der Waals surface area contributed by atoms with Gasteiger partial charge in [0, 0.05) is 13.1 Å². The van der Waals surface area contributed by atoms with Gasteiger partial charge in [0.05, 0.1) is 28.6 Å². The Kier molecular flexibility index (Phi) is 10.6. The van der Waals surface area contributed by atoms with Crippen LogP contribution in [0.15, 0.2) is 59.6 Å². The summed E-state index contributed by atoms with van der Waals surface area (Å²) < 4.78 is 29.0. The fourth-order valence-corrected chi connectivity index (χ4v) is 7.06. The number of hydrogen-bond acceptors (Lipinski definition) is 8. The zero-order chi connectivity index (χ0) is 30.1. The van der Waals surface area contributed by atoms with Crippen molar-refractivity contribution in [2.75, 3.05) is 19.6 Å². The van der Waals surface area contributed by atoms with Gasteiger partial charge in [0.15, 0.2) is 11.0 Å². The molecule has 224 valence electrons. The molecule has 0 bridgehead atoms. The molecule has 2 aromatic carbocycles. The fraction of sp³-hybridized carbons (Fsp3) is 0.393. The minimum Gasteiger partial charge on any atom is -0.370 e. The van der Waals surface area contributed by atoms with Crippen LogP contribution in [0, 0.1) is 0 Å². The highest BCUT2D eigenvalue weighted by Gasteiger charge is 2.32. The summed E-state index contributed by atoms with van der Waals surface area (Å²) in [6.45, 7) is 0.259. The second-order valence-electron chi connectivity index (χ2n) is 10.1. The topological polar surface area (TPSA) is 190 Å². The van der Waals surface area contributed by atoms with E-state index in [4.69, 9.17) is 11.5 Å². The van der Waals surface area contributed by atoms with Gasteiger partial charge in [0.2, 0.25) is 27.6 Å². The van der Waals surface area contributed by atoms with Crippen LogP contribution in [-0.4, -0.2) is 73.6 Å². The van der Waals surface area contributed by atoms with Gasteiger partial charge in [-0.3, -0.25) is 19.4 Å². The second-order valence-corrected chi connectivity index (χ2v) is 12.9. The lowest BCUT2D eigenvalue weighted by atomic mass is 10.1. The highest BCUT2D eigenvalue weighted by atomic mass is 32.2. The lowest BCUT2D eigenvalue weighted by Crippen LogP contribution is -2.51. The maximum absolute atomic E-state index is 13.4. The van der Waals surface area contributed by atoms with Crippen LogP contribution in [0.3, 0.4) is 0 Å². The average molecular weight is 614 g/mol. The number of rotatable bonds is 13. The van der Waals surface area contributed by atoms with Crippen molar-refractivity contribution in [3.63, 3.8) is 0 Å². The Bertz CT molecular complexity index is 1510. The molecular formula is C28H35N7O5S2. The second kappa shape index (κ2) is 14.3. The average Bonchev–Trinajstić information content (AvgIpc) is 3.32. The Morgan fingerprint density at radius 3 is 2.57 bits per heavy atom. The lowest BCUT2D eigenvalue weighted by molar-refractivity contribution is -0.137. The van der Waals surface area contributed by atoms with Gasteiger partial charge in [0.1, 0.15) is 6.04 Å². The van der Waals surface area contributed by atoms with E-state index in [1.807, 2.05) is 24.3 Å². The van der Waals surface area contributed by atoms with Gasteiger partial charge in [-0.2, -0.15) is 0 Å². The van der Waals surface area contributed by atoms with Gasteiger partial charge in [-0.1, -0.05) is 42.5 Å². The van der Waals surface area contributed by atoms with Gasteiger partial charge >= 0.3 is 0 Å². The number of carbonyl (C=O) groups excluding carboxylic acids is 3. The Balaban J connectivity index is 1.43. The summed E-state index contributed by atoms with van der Waals surface area (Å²) in [5.74, 6) is -1.67. The van der Waals surface area contributed by atoms with Gasteiger partial charge in [0.25, 0.3) is 0 Å². The Labute approximate surface area is 248 Å². The molecule has 14 heteroatoms. The first-order chi connectivity index (χ1) is 20.1. The number of carbonyl (C=O) groups is 3. The number of guanidine groups is 1. The van der Waals surface area contributed by atoms with Crippen molar-refractivity contribution in [2.45, 2.75) is 49.9 Å². The number of Topliss-reactive ketones (excluding diaryl/α,β-unsaturated/α-hetero) is 1. The van der Waals surface area contributed by atoms with Crippen LogP contribution in [0.2, 0.25) is 0 Å². The van der Waals surface area contributed by atoms with Crippen molar-refractivity contribution in [2.24, 2.45) is 16.5 Å². The maximum Gasteiger partial charge on any atom is 0.241 e. The molecule has 0 saturated carbocycles. The standard InChI is InChI=1S/C28H35N7O5S2/c29-28(30)31-15-8-13-21(25(37)26-33-20-11-4-5-14-23(20)41-26)32-24(36)17-35-16-7-6-12-22(27(35)38)34-42(39,40)18-19-9-2-1-3-10-19/h1-5,9-11,14,21-22,34H,6-8,12-13,15-18H2,(H,32,36)(H4,29,30,31)/t21-,22-/m0/s1. The van der Waals surface area contributed by atoms with E-state index in [-0.39, 0.29) is 42.0 Å². The number of sulfonamides is 1. The maximum atomic E-state index is 13.4. The fourth-order valence-electron chi connectivity index (χ4n) is 4.74. The molecule has 0 radical (unpaired) electrons. The van der Waals surface area contributed by atoms with E-state index in [0.717, 1.165) is 4.70 Å². The molecule has 2 heterocycles. The van der Waals surface area contributed by atoms with E-state index in [1.54, 1.807) is 30.3 Å². The van der Waals surface area contributed by atoms with Crippen molar-refractivity contribution in [1.29, 1.82) is 0 Å². The van der Waals surface area contributed by atoms with Gasteiger partial charge < -0.3 is 21.7 Å². The van der Waals surface area contributed by atoms with Crippen LogP contribution in [-0.2, 0) is 25.4 Å². The number of aromatic nitrogens is 1. The van der Waals surface area contributed by atoms with Crippen molar-refractivity contribution >= 4 is 55.1 Å². The number of para-hydroxylation sites is 1. The number of thiazole rings is 1. The first-order valence-electron chi connectivity index (χ1n) is 13.7. The molecule has 1 aliphatic heterocycles. The lowest BCUT2D eigenvalue weighted by Gasteiger charge is -2.25. The number of benzene rings is 2. The van der Waals surface area contributed by atoms with Crippen LogP contribution >= 0.6 is 11.3 Å². The van der Waals surface area contributed by atoms with Crippen LogP contribution < -0.4 is 21.5 Å². The van der Waals surface area contributed by atoms with Crippen LogP contribution in [0.1, 0.15) is 47.5 Å². The summed E-state index contributed by atoms with van der Waals surface area (Å²) in [7, 11) is -3.80. The molecule has 1 aromatic heterocycles. The molecule has 0 spiro atoms. The molecule has 1 saturated heterocycles. The Morgan fingerprint density at radius 1 is 1.10 bits per heavy atom. The minimum absolute atomic E-state index is 0.0679. The number of likely N-dealkylation sites (tertiary alicyclic amines) is 1. The van der Waals surface area contributed by atoms with Crippen LogP contribution in [0.5, 0.6) is 0 Å². The van der Waals surface area contributed by atoms with Crippen molar-refractivity contribution in [1.82, 2.24) is 19.9 Å². The van der Waals surface area contributed by atoms with Crippen molar-refractivity contribution in [3.8, 4) is 0 Å². The molecule has 2 atom stereocenters. The molecule has 0 aliphatic carbocycles. The van der Waals surface area contributed by atoms with E-state index >= 15 is 0 Å². The van der Waals surface area contributed by atoms with Crippen LogP contribution in [0.25, 0.3) is 10.2 Å². The number of amides is 2. The number of aliphatic imine (C=N–C) groups is 1. The number of nitrogens with zero attached hydrogens (tertiary/aromatic N) is 3. The number of nitrogens with one attached hydrogen (secondary N) is 2. The normalized spacial score (nSPS) is 16.5. The highest BCUT2D eigenvalue weighted by molar-refractivity contribution is 7.88. The molecule has 42 heavy (non-hydrogen) atoms. The first-order valence-corrected chi connectivity index (χ1v) is 16.2. The van der Waals surface area contributed by atoms with E-state index in [0.29, 0.717) is 43.3 Å². The molecule has 0 unspecified atom stereocenters. The molecule has 12 nitrogen and oxygen atoms in total. The predicted octanol–water partition coefficient (Wildman–Crippen LogP) is 1.52. The summed E-state index contributed by atoms with van der Waals surface area (Å²) in [6.07, 6.45) is 2.24. The summed E-state index contributed by atoms with van der Waals surface area (Å²) in [5.41, 5.74) is 12.1. The summed E-state index contributed by atoms with van der Waals surface area (Å²) >= 11 is 1.24. The third kappa shape index (κ3) is 8.81. The number of nitrogens with two attached hydrogens (primary N) is 2. The number of ketones is 1. The van der Waals surface area contributed by atoms with E-state index in [1.165, 1.54) is 16.2 Å². The first kappa shape index (κ1) is 31.1. The van der Waals surface area contributed by atoms with E-state index < -0.39 is 33.9 Å². The molecule has 6 N–H and O–H groups in total. The summed E-state index contributed by atoms with van der Waals surface area (Å²) in [6, 6.07) is 14.2. The number of fused-ring (bicyclic) bond motifs is 1. The smallest absolute Gasteiger partial charge is 0.241 e. The zero-order valence-corrected chi connectivity index (χ0v) is 24.7. The minimum atomic E-state index is -3.80. The number of hydrogen-bond donors (Lipinski definition) is 4. The SMILES string of the molecule is NC(N)=NCCC[C@H](NC(=O)CN1CCCC[C@H](NS(=O)(=O)Cc2ccccc2)C1=O)C(=O)c1nc2ccccc2s1. The Hall–Kier alpha value is -3.88. The van der Waals surface area contributed by atoms with Gasteiger partial charge in [-0.15, -0.1) is 11.3 Å². The molecule has 4 rings (SSSR count). The molecular weight excluding hydrogens is 578 g/mol. The Morgan fingerprint density at radius 2 is 1.83 bits per heavy atom. The van der Waals surface area contributed by atoms with Crippen molar-refractivity contribution < 1.29 is 22.8 Å². The predicted molar refractivity (Wildman–Crippen MR) is 162 cm³/mol. The quantitative estimate of drug-likeness (QED) is 0.0965. The largest absolute Gasteiger partial charge is 0.370 e. The van der Waals surface area contributed by atoms with Crippen LogP contribution in [0.4, 0.5) is 0 Å². The molecule has 1 fully saturated rings. The van der Waals surface area contributed by atoms with E-state index in [2.05, 4.69) is 20.0 Å². The third-order valence-electron chi connectivity index (χ3n) is 6.74. The highest BCUT2D eigenvalue weighted by Crippen LogP contribution is 2.23. The van der Waals surface area contributed by atoms with Crippen molar-refractivity contribution in [3.05, 3.63) is 65.2 Å². The third-order valence-corrected chi connectivity index (χ3v) is 9.15. The van der Waals surface area contributed by atoms with Gasteiger partial charge in [-0.05, 0) is 49.8 Å². The monoisotopic (exact) mass is 613 g/mol. The molecule has 1 aliphatic rings.